The summed E-state index contributed by atoms with van der Waals surface area (Å²) < 4.78 is 1.63. The van der Waals surface area contributed by atoms with Crippen molar-refractivity contribution in [3.63, 3.8) is 0 Å². The van der Waals surface area contributed by atoms with Crippen LogP contribution in [0.5, 0.6) is 5.75 Å². The topological polar surface area (TPSA) is 100 Å². The molecule has 0 aliphatic carbocycles. The average molecular weight is 508 g/mol. The fourth-order valence-electron chi connectivity index (χ4n) is 4.70. The molecule has 2 aromatic carbocycles. The van der Waals surface area contributed by atoms with E-state index in [1.807, 2.05) is 60.8 Å². The summed E-state index contributed by atoms with van der Waals surface area (Å²) in [4.78, 5) is 38.1. The lowest BCUT2D eigenvalue weighted by Gasteiger charge is -2.28. The molecule has 0 saturated heterocycles. The van der Waals surface area contributed by atoms with E-state index < -0.39 is 29.3 Å². The molecule has 35 heavy (non-hydrogen) atoms. The van der Waals surface area contributed by atoms with Gasteiger partial charge in [0.15, 0.2) is 0 Å². The van der Waals surface area contributed by atoms with Crippen LogP contribution in [0.25, 0.3) is 0 Å². The van der Waals surface area contributed by atoms with Crippen LogP contribution in [0.4, 0.5) is 5.69 Å². The highest BCUT2D eigenvalue weighted by molar-refractivity contribution is 7.98. The standard InChI is InChI=1S/C26H22ClN3O4S/c27-21(31)12-29-25(33)22-24(32)18-13-35-14-20(18)30(26(22)34)23(15-6-2-1-3-7-15)17-8-4-10-19-16(17)9-5-11-28-19/h1-8,10-11,23,28,32H,9,12-14H2,(H,29,33). The van der Waals surface area contributed by atoms with Gasteiger partial charge in [0, 0.05) is 28.5 Å². The second-order valence-electron chi connectivity index (χ2n) is 8.29. The van der Waals surface area contributed by atoms with Crippen LogP contribution in [0.3, 0.4) is 0 Å². The summed E-state index contributed by atoms with van der Waals surface area (Å²) in [7, 11) is 0. The van der Waals surface area contributed by atoms with Crippen LogP contribution in [0.2, 0.25) is 0 Å². The molecule has 3 N–H and O–H groups in total. The predicted octanol–water partition coefficient (Wildman–Crippen LogP) is 3.92. The third-order valence-corrected chi connectivity index (χ3v) is 7.36. The van der Waals surface area contributed by atoms with Gasteiger partial charge in [-0.1, -0.05) is 48.5 Å². The second-order valence-corrected chi connectivity index (χ2v) is 9.70. The van der Waals surface area contributed by atoms with E-state index in [1.54, 1.807) is 16.3 Å². The van der Waals surface area contributed by atoms with E-state index in [0.717, 1.165) is 22.4 Å². The zero-order valence-corrected chi connectivity index (χ0v) is 20.2. The number of fused-ring (bicyclic) bond motifs is 2. The number of amides is 1. The minimum Gasteiger partial charge on any atom is -0.507 e. The normalized spacial score (nSPS) is 14.5. The molecule has 1 atom stereocenters. The molecule has 2 aliphatic rings. The van der Waals surface area contributed by atoms with Crippen LogP contribution in [0.15, 0.2) is 65.6 Å². The first-order valence-electron chi connectivity index (χ1n) is 11.1. The van der Waals surface area contributed by atoms with E-state index in [2.05, 4.69) is 10.6 Å². The first kappa shape index (κ1) is 23.3. The fraction of sp³-hybridized carbons (Fsp3) is 0.192. The van der Waals surface area contributed by atoms with Crippen LogP contribution in [-0.2, 0) is 22.7 Å². The molecule has 7 nitrogen and oxygen atoms in total. The summed E-state index contributed by atoms with van der Waals surface area (Å²) in [5, 5.41) is 15.8. The number of nitrogens with zero attached hydrogens (tertiary/aromatic N) is 1. The Balaban J connectivity index is 1.78. The average Bonchev–Trinajstić information content (AvgIpc) is 3.36. The molecule has 178 valence electrons. The largest absolute Gasteiger partial charge is 0.507 e. The molecule has 1 aromatic heterocycles. The van der Waals surface area contributed by atoms with Crippen molar-refractivity contribution in [2.45, 2.75) is 24.0 Å². The van der Waals surface area contributed by atoms with Gasteiger partial charge in [-0.25, -0.2) is 0 Å². The molecule has 3 aromatic rings. The van der Waals surface area contributed by atoms with Crippen molar-refractivity contribution in [2.75, 3.05) is 11.9 Å². The molecule has 2 aliphatic heterocycles. The third-order valence-electron chi connectivity index (χ3n) is 6.25. The number of anilines is 1. The summed E-state index contributed by atoms with van der Waals surface area (Å²) in [6, 6.07) is 15.0. The van der Waals surface area contributed by atoms with E-state index in [1.165, 1.54) is 0 Å². The van der Waals surface area contributed by atoms with Gasteiger partial charge in [0.05, 0.1) is 12.6 Å². The molecule has 0 saturated carbocycles. The fourth-order valence-corrected chi connectivity index (χ4v) is 5.89. The number of halogens is 1. The predicted molar refractivity (Wildman–Crippen MR) is 137 cm³/mol. The summed E-state index contributed by atoms with van der Waals surface area (Å²) in [5.74, 6) is -0.176. The number of nitrogens with one attached hydrogen (secondary N) is 2. The van der Waals surface area contributed by atoms with Crippen LogP contribution < -0.4 is 16.2 Å². The number of thioether (sulfide) groups is 1. The first-order valence-corrected chi connectivity index (χ1v) is 12.6. The quantitative estimate of drug-likeness (QED) is 0.437. The number of allylic oxidation sites excluding steroid dienone is 1. The molecule has 0 spiro atoms. The van der Waals surface area contributed by atoms with Crippen LogP contribution in [0.1, 0.15) is 44.3 Å². The zero-order chi connectivity index (χ0) is 24.5. The van der Waals surface area contributed by atoms with Gasteiger partial charge in [-0.05, 0) is 47.0 Å². The number of hydrogen-bond acceptors (Lipinski definition) is 6. The Labute approximate surface area is 210 Å². The van der Waals surface area contributed by atoms with Gasteiger partial charge in [0.1, 0.15) is 11.3 Å². The number of aromatic hydroxyl groups is 1. The maximum atomic E-state index is 14.0. The molecule has 0 bridgehead atoms. The van der Waals surface area contributed by atoms with E-state index in [4.69, 9.17) is 11.6 Å². The Kier molecular flexibility index (Phi) is 6.40. The Morgan fingerprint density at radius 2 is 1.91 bits per heavy atom. The van der Waals surface area contributed by atoms with E-state index in [9.17, 15) is 19.5 Å². The van der Waals surface area contributed by atoms with Gasteiger partial charge in [0.2, 0.25) is 5.24 Å². The molecular weight excluding hydrogens is 486 g/mol. The maximum Gasteiger partial charge on any atom is 0.268 e. The molecule has 3 heterocycles. The van der Waals surface area contributed by atoms with Gasteiger partial charge in [-0.15, -0.1) is 0 Å². The number of pyridine rings is 1. The van der Waals surface area contributed by atoms with Gasteiger partial charge in [-0.2, -0.15) is 11.8 Å². The Hall–Kier alpha value is -3.49. The van der Waals surface area contributed by atoms with Gasteiger partial charge in [-0.3, -0.25) is 19.0 Å². The van der Waals surface area contributed by atoms with Crippen molar-refractivity contribution in [3.8, 4) is 5.75 Å². The summed E-state index contributed by atoms with van der Waals surface area (Å²) in [6.45, 7) is -0.447. The summed E-state index contributed by atoms with van der Waals surface area (Å²) in [5.41, 5.74) is 4.07. The van der Waals surface area contributed by atoms with E-state index >= 15 is 0 Å². The van der Waals surface area contributed by atoms with Crippen LogP contribution >= 0.6 is 23.4 Å². The zero-order valence-electron chi connectivity index (χ0n) is 18.6. The maximum absolute atomic E-state index is 14.0. The lowest BCUT2D eigenvalue weighted by molar-refractivity contribution is -0.110. The first-order chi connectivity index (χ1) is 17.0. The number of benzene rings is 2. The SMILES string of the molecule is O=C(Cl)CNC(=O)c1c(O)c2c(n(C(c3ccccc3)c3cccc4c3CC=CN4)c1=O)CSC2. The van der Waals surface area contributed by atoms with Crippen molar-refractivity contribution in [1.82, 2.24) is 9.88 Å². The lowest BCUT2D eigenvalue weighted by atomic mass is 9.90. The van der Waals surface area contributed by atoms with Crippen molar-refractivity contribution in [2.24, 2.45) is 0 Å². The summed E-state index contributed by atoms with van der Waals surface area (Å²) >= 11 is 6.94. The third kappa shape index (κ3) is 4.24. The molecule has 1 amide bonds. The monoisotopic (exact) mass is 507 g/mol. The highest BCUT2D eigenvalue weighted by atomic mass is 35.5. The van der Waals surface area contributed by atoms with Crippen molar-refractivity contribution in [1.29, 1.82) is 0 Å². The molecule has 5 rings (SSSR count). The van der Waals surface area contributed by atoms with E-state index in [0.29, 0.717) is 29.2 Å². The van der Waals surface area contributed by atoms with Gasteiger partial charge in [0.25, 0.3) is 11.5 Å². The van der Waals surface area contributed by atoms with Crippen molar-refractivity contribution in [3.05, 3.63) is 105 Å². The van der Waals surface area contributed by atoms with Gasteiger partial charge >= 0.3 is 0 Å². The highest BCUT2D eigenvalue weighted by Crippen LogP contribution is 2.41. The van der Waals surface area contributed by atoms with Crippen LogP contribution in [-0.4, -0.2) is 27.4 Å². The van der Waals surface area contributed by atoms with Crippen molar-refractivity contribution < 1.29 is 14.7 Å². The Morgan fingerprint density at radius 1 is 1.11 bits per heavy atom. The lowest BCUT2D eigenvalue weighted by Crippen LogP contribution is -2.38. The number of carbonyl (C=O) groups is 2. The molecule has 9 heteroatoms. The molecule has 0 fully saturated rings. The summed E-state index contributed by atoms with van der Waals surface area (Å²) in [6.07, 6.45) is 4.61. The minimum atomic E-state index is -0.832. The van der Waals surface area contributed by atoms with E-state index in [-0.39, 0.29) is 11.3 Å². The van der Waals surface area contributed by atoms with Crippen molar-refractivity contribution >= 4 is 40.2 Å². The molecular formula is C26H22ClN3O4S. The number of hydrogen-bond donors (Lipinski definition) is 3. The molecule has 0 radical (unpaired) electrons. The van der Waals surface area contributed by atoms with Gasteiger partial charge < -0.3 is 15.7 Å². The Bertz CT molecular complexity index is 1420. The Morgan fingerprint density at radius 3 is 2.69 bits per heavy atom. The molecule has 1 unspecified atom stereocenters. The number of aromatic nitrogens is 1. The second kappa shape index (κ2) is 9.64. The minimum absolute atomic E-state index is 0.336. The smallest absolute Gasteiger partial charge is 0.268 e. The highest BCUT2D eigenvalue weighted by Gasteiger charge is 2.33. The number of carbonyl (C=O) groups excluding carboxylic acids is 2. The van der Waals surface area contributed by atoms with Crippen LogP contribution in [0, 0.1) is 0 Å². The number of rotatable bonds is 6.